The highest BCUT2D eigenvalue weighted by Crippen LogP contribution is 2.16. The molecule has 9 nitrogen and oxygen atoms in total. The normalized spacial score (nSPS) is 12.0. The first-order chi connectivity index (χ1) is 13.3. The van der Waals surface area contributed by atoms with Crippen LogP contribution in [0.4, 0.5) is 17.8 Å². The van der Waals surface area contributed by atoms with Crippen molar-refractivity contribution in [3.05, 3.63) is 72.1 Å². The van der Waals surface area contributed by atoms with Crippen molar-refractivity contribution in [2.75, 3.05) is 0 Å². The fraction of sp³-hybridized carbons (Fsp3) is 0. The Morgan fingerprint density at radius 1 is 0.556 bits per heavy atom. The van der Waals surface area contributed by atoms with Crippen LogP contribution < -0.4 is 0 Å². The highest BCUT2D eigenvalue weighted by atomic mass is 15.2. The number of hydrogen-bond donors (Lipinski definition) is 3. The highest BCUT2D eigenvalue weighted by Gasteiger charge is 2.04. The number of rotatable bonds is 6. The van der Waals surface area contributed by atoms with E-state index in [1.54, 1.807) is 18.6 Å². The molecule has 4 aromatic rings. The molecule has 0 aliphatic heterocycles. The van der Waals surface area contributed by atoms with Crippen LogP contribution in [0.3, 0.4) is 0 Å². The van der Waals surface area contributed by atoms with E-state index in [2.05, 4.69) is 44.9 Å². The van der Waals surface area contributed by atoms with Crippen LogP contribution in [0.15, 0.2) is 70.0 Å². The largest absolute Gasteiger partial charge is 0.360 e. The van der Waals surface area contributed by atoms with E-state index < -0.39 is 0 Å². The lowest BCUT2D eigenvalue weighted by atomic mass is 10.5. The molecule has 0 bridgehead atoms. The van der Waals surface area contributed by atoms with Crippen molar-refractivity contribution in [2.45, 2.75) is 0 Å². The van der Waals surface area contributed by atoms with Crippen molar-refractivity contribution in [3.63, 3.8) is 0 Å². The summed E-state index contributed by atoms with van der Waals surface area (Å²) in [5, 5.41) is 0. The van der Waals surface area contributed by atoms with Gasteiger partial charge in [0, 0.05) is 18.6 Å². The average molecular weight is 357 g/mol. The van der Waals surface area contributed by atoms with Crippen LogP contribution in [0.25, 0.3) is 0 Å². The second-order valence-electron chi connectivity index (χ2n) is 5.39. The van der Waals surface area contributed by atoms with E-state index >= 15 is 0 Å². The van der Waals surface area contributed by atoms with Crippen molar-refractivity contribution in [2.24, 2.45) is 15.0 Å². The van der Waals surface area contributed by atoms with Gasteiger partial charge in [0.2, 0.25) is 0 Å². The van der Waals surface area contributed by atoms with Crippen LogP contribution in [-0.2, 0) is 0 Å². The first kappa shape index (κ1) is 16.3. The molecular formula is C18H15N9. The molecule has 4 aromatic heterocycles. The first-order valence-corrected chi connectivity index (χ1v) is 8.14. The Labute approximate surface area is 154 Å². The SMILES string of the molecule is C(=Nc1nc(N=Cc2ccc[nH]2)nc(N=Cc2ccc[nH]2)n1)c1ccc[nH]1. The summed E-state index contributed by atoms with van der Waals surface area (Å²) in [5.41, 5.74) is 2.51. The number of hydrogen-bond acceptors (Lipinski definition) is 6. The molecule has 4 rings (SSSR count). The summed E-state index contributed by atoms with van der Waals surface area (Å²) >= 11 is 0. The van der Waals surface area contributed by atoms with Gasteiger partial charge >= 0.3 is 0 Å². The number of aromatic nitrogens is 6. The van der Waals surface area contributed by atoms with Crippen LogP contribution in [0.1, 0.15) is 17.1 Å². The highest BCUT2D eigenvalue weighted by molar-refractivity contribution is 5.81. The lowest BCUT2D eigenvalue weighted by molar-refractivity contribution is 1.02. The van der Waals surface area contributed by atoms with Gasteiger partial charge in [-0.2, -0.15) is 15.0 Å². The maximum atomic E-state index is 4.28. The lowest BCUT2D eigenvalue weighted by Gasteiger charge is -1.97. The van der Waals surface area contributed by atoms with Crippen LogP contribution in [-0.4, -0.2) is 48.5 Å². The quantitative estimate of drug-likeness (QED) is 0.459. The standard InChI is InChI=1S/C18H15N9/c1-4-13(19-7-1)10-22-16-25-17(23-11-14-5-2-8-20-14)27-18(26-16)24-12-15-6-3-9-21-15/h1-12,19-21H. The molecule has 0 aromatic carbocycles. The van der Waals surface area contributed by atoms with Gasteiger partial charge in [-0.3, -0.25) is 0 Å². The summed E-state index contributed by atoms with van der Waals surface area (Å²) in [6, 6.07) is 11.3. The van der Waals surface area contributed by atoms with Crippen molar-refractivity contribution in [1.82, 2.24) is 29.9 Å². The number of aliphatic imine (C=N–C) groups is 3. The summed E-state index contributed by atoms with van der Waals surface area (Å²) < 4.78 is 0. The molecule has 132 valence electrons. The molecule has 0 saturated carbocycles. The molecule has 27 heavy (non-hydrogen) atoms. The maximum Gasteiger partial charge on any atom is 0.256 e. The van der Waals surface area contributed by atoms with Crippen LogP contribution in [0.2, 0.25) is 0 Å². The predicted molar refractivity (Wildman–Crippen MR) is 104 cm³/mol. The van der Waals surface area contributed by atoms with Crippen molar-refractivity contribution in [1.29, 1.82) is 0 Å². The van der Waals surface area contributed by atoms with E-state index in [-0.39, 0.29) is 17.8 Å². The first-order valence-electron chi connectivity index (χ1n) is 8.14. The van der Waals surface area contributed by atoms with Crippen LogP contribution >= 0.6 is 0 Å². The van der Waals surface area contributed by atoms with Gasteiger partial charge in [-0.15, -0.1) is 0 Å². The van der Waals surface area contributed by atoms with E-state index in [4.69, 9.17) is 0 Å². The number of nitrogens with zero attached hydrogens (tertiary/aromatic N) is 6. The van der Waals surface area contributed by atoms with Gasteiger partial charge in [0.15, 0.2) is 0 Å². The van der Waals surface area contributed by atoms with Gasteiger partial charge in [-0.1, -0.05) is 0 Å². The minimum Gasteiger partial charge on any atom is -0.360 e. The average Bonchev–Trinajstić information content (AvgIpc) is 3.46. The molecule has 0 fully saturated rings. The Balaban J connectivity index is 1.64. The second-order valence-corrected chi connectivity index (χ2v) is 5.39. The molecule has 4 heterocycles. The van der Waals surface area contributed by atoms with Gasteiger partial charge in [0.1, 0.15) is 0 Å². The third-order valence-electron chi connectivity index (χ3n) is 3.42. The zero-order valence-electron chi connectivity index (χ0n) is 14.1. The summed E-state index contributed by atoms with van der Waals surface area (Å²) in [7, 11) is 0. The fourth-order valence-electron chi connectivity index (χ4n) is 2.17. The van der Waals surface area contributed by atoms with E-state index in [0.717, 1.165) is 17.1 Å². The molecule has 0 spiro atoms. The van der Waals surface area contributed by atoms with E-state index in [1.165, 1.54) is 0 Å². The molecular weight excluding hydrogens is 342 g/mol. The van der Waals surface area contributed by atoms with E-state index in [9.17, 15) is 0 Å². The molecule has 0 saturated heterocycles. The zero-order valence-corrected chi connectivity index (χ0v) is 14.1. The molecule has 0 amide bonds. The van der Waals surface area contributed by atoms with Crippen molar-refractivity contribution >= 4 is 36.5 Å². The number of nitrogens with one attached hydrogen (secondary N) is 3. The molecule has 3 N–H and O–H groups in total. The Morgan fingerprint density at radius 2 is 0.889 bits per heavy atom. The minimum absolute atomic E-state index is 0.219. The summed E-state index contributed by atoms with van der Waals surface area (Å²) in [6.07, 6.45) is 10.3. The van der Waals surface area contributed by atoms with Crippen LogP contribution in [0, 0.1) is 0 Å². The predicted octanol–water partition coefficient (Wildman–Crippen LogP) is 3.11. The minimum atomic E-state index is 0.219. The Bertz CT molecular complexity index is 906. The smallest absolute Gasteiger partial charge is 0.256 e. The fourth-order valence-corrected chi connectivity index (χ4v) is 2.17. The third kappa shape index (κ3) is 4.48. The molecule has 0 unspecified atom stereocenters. The monoisotopic (exact) mass is 357 g/mol. The number of aromatic amines is 3. The van der Waals surface area contributed by atoms with Gasteiger partial charge < -0.3 is 15.0 Å². The molecule has 9 heteroatoms. The van der Waals surface area contributed by atoms with Crippen molar-refractivity contribution in [3.8, 4) is 0 Å². The topological polar surface area (TPSA) is 123 Å². The van der Waals surface area contributed by atoms with E-state index in [0.29, 0.717) is 0 Å². The summed E-state index contributed by atoms with van der Waals surface area (Å²) in [5.74, 6) is 0.658. The van der Waals surface area contributed by atoms with Gasteiger partial charge in [-0.05, 0) is 36.4 Å². The third-order valence-corrected chi connectivity index (χ3v) is 3.42. The molecule has 0 aliphatic rings. The maximum absolute atomic E-state index is 4.28. The second kappa shape index (κ2) is 7.83. The molecule has 0 aliphatic carbocycles. The van der Waals surface area contributed by atoms with Gasteiger partial charge in [0.05, 0.1) is 35.7 Å². The van der Waals surface area contributed by atoms with Crippen LogP contribution in [0.5, 0.6) is 0 Å². The Hall–Kier alpha value is -4.14. The van der Waals surface area contributed by atoms with E-state index in [1.807, 2.05) is 55.0 Å². The van der Waals surface area contributed by atoms with Gasteiger partial charge in [-0.25, -0.2) is 15.0 Å². The lowest BCUT2D eigenvalue weighted by Crippen LogP contribution is -1.91. The Kier molecular flexibility index (Phi) is 4.74. The zero-order chi connectivity index (χ0) is 18.3. The van der Waals surface area contributed by atoms with Crippen molar-refractivity contribution < 1.29 is 0 Å². The Morgan fingerprint density at radius 3 is 1.15 bits per heavy atom. The summed E-state index contributed by atoms with van der Waals surface area (Å²) in [6.45, 7) is 0. The number of H-pyrrole nitrogens is 3. The molecule has 0 atom stereocenters. The summed E-state index contributed by atoms with van der Waals surface area (Å²) in [4.78, 5) is 34.7. The van der Waals surface area contributed by atoms with Gasteiger partial charge in [0.25, 0.3) is 17.8 Å². The molecule has 0 radical (unpaired) electrons.